The zero-order valence-corrected chi connectivity index (χ0v) is 19.1. The highest BCUT2D eigenvalue weighted by Gasteiger charge is 2.31. The van der Waals surface area contributed by atoms with E-state index in [-0.39, 0.29) is 12.5 Å². The molecular formula is C26H24F3N3O3. The van der Waals surface area contributed by atoms with Crippen molar-refractivity contribution in [3.8, 4) is 5.75 Å². The van der Waals surface area contributed by atoms with Crippen LogP contribution in [-0.4, -0.2) is 50.6 Å². The highest BCUT2D eigenvalue weighted by atomic mass is 19.4. The standard InChI is InChI=1S/C26H24F3N3O3/c1-34-24-14-20-19-7-2-3-8-22(19)35-23(20)15-21(24)30-25(33)16-31-9-11-32(12-10-31)18-6-4-5-17(13-18)26(27,28)29/h2-8,13-15H,9-12,16H2,1H3,(H,30,33). The van der Waals surface area contributed by atoms with Gasteiger partial charge in [-0.2, -0.15) is 13.2 Å². The third kappa shape index (κ3) is 4.77. The number of carbonyl (C=O) groups excluding carboxylic acids is 1. The highest BCUT2D eigenvalue weighted by Crippen LogP contribution is 2.36. The van der Waals surface area contributed by atoms with Crippen molar-refractivity contribution in [3.63, 3.8) is 0 Å². The molecule has 1 N–H and O–H groups in total. The number of piperazine rings is 1. The molecule has 4 aromatic rings. The van der Waals surface area contributed by atoms with E-state index < -0.39 is 11.7 Å². The molecule has 0 unspecified atom stereocenters. The largest absolute Gasteiger partial charge is 0.495 e. The van der Waals surface area contributed by atoms with Crippen molar-refractivity contribution in [1.29, 1.82) is 0 Å². The minimum absolute atomic E-state index is 0.164. The molecule has 182 valence electrons. The fraction of sp³-hybridized carbons (Fsp3) is 0.269. The van der Waals surface area contributed by atoms with Crippen LogP contribution in [0.2, 0.25) is 0 Å². The first-order valence-corrected chi connectivity index (χ1v) is 11.3. The summed E-state index contributed by atoms with van der Waals surface area (Å²) >= 11 is 0. The molecule has 1 aliphatic rings. The van der Waals surface area contributed by atoms with Crippen LogP contribution in [0.5, 0.6) is 5.75 Å². The van der Waals surface area contributed by atoms with Crippen LogP contribution in [0.4, 0.5) is 24.5 Å². The number of methoxy groups -OCH3 is 1. The molecule has 0 atom stereocenters. The molecule has 0 saturated carbocycles. The Bertz CT molecular complexity index is 1370. The number of ether oxygens (including phenoxy) is 1. The smallest absolute Gasteiger partial charge is 0.416 e. The Balaban J connectivity index is 1.23. The molecule has 0 radical (unpaired) electrons. The van der Waals surface area contributed by atoms with Gasteiger partial charge in [-0.15, -0.1) is 0 Å². The number of benzene rings is 3. The van der Waals surface area contributed by atoms with Gasteiger partial charge < -0.3 is 19.4 Å². The van der Waals surface area contributed by atoms with Gasteiger partial charge in [0.25, 0.3) is 0 Å². The second kappa shape index (κ2) is 9.14. The maximum absolute atomic E-state index is 13.0. The summed E-state index contributed by atoms with van der Waals surface area (Å²) in [6, 6.07) is 16.6. The molecule has 1 amide bonds. The Morgan fingerprint density at radius 2 is 1.74 bits per heavy atom. The second-order valence-electron chi connectivity index (χ2n) is 8.51. The number of fused-ring (bicyclic) bond motifs is 3. The maximum Gasteiger partial charge on any atom is 0.416 e. The molecule has 3 aromatic carbocycles. The monoisotopic (exact) mass is 483 g/mol. The Morgan fingerprint density at radius 1 is 0.971 bits per heavy atom. The molecule has 1 fully saturated rings. The van der Waals surface area contributed by atoms with Crippen molar-refractivity contribution in [3.05, 3.63) is 66.2 Å². The van der Waals surface area contributed by atoms with E-state index in [4.69, 9.17) is 9.15 Å². The van der Waals surface area contributed by atoms with Gasteiger partial charge in [-0.1, -0.05) is 24.3 Å². The molecular weight excluding hydrogens is 459 g/mol. The number of nitrogens with one attached hydrogen (secondary N) is 1. The number of para-hydroxylation sites is 1. The third-order valence-electron chi connectivity index (χ3n) is 6.25. The predicted molar refractivity (Wildman–Crippen MR) is 129 cm³/mol. The fourth-order valence-corrected chi connectivity index (χ4v) is 4.45. The van der Waals surface area contributed by atoms with Gasteiger partial charge >= 0.3 is 6.18 Å². The summed E-state index contributed by atoms with van der Waals surface area (Å²) in [5, 5.41) is 4.78. The SMILES string of the molecule is COc1cc2c(cc1NC(=O)CN1CCN(c3cccc(C(F)(F)F)c3)CC1)oc1ccccc12. The van der Waals surface area contributed by atoms with Crippen molar-refractivity contribution >= 4 is 39.2 Å². The van der Waals surface area contributed by atoms with Crippen molar-refractivity contribution in [2.75, 3.05) is 50.1 Å². The van der Waals surface area contributed by atoms with Crippen LogP contribution in [0, 0.1) is 0 Å². The van der Waals surface area contributed by atoms with Crippen LogP contribution in [0.3, 0.4) is 0 Å². The number of hydrogen-bond acceptors (Lipinski definition) is 5. The zero-order valence-electron chi connectivity index (χ0n) is 19.1. The summed E-state index contributed by atoms with van der Waals surface area (Å²) in [6.45, 7) is 2.34. The number of halogens is 3. The average Bonchev–Trinajstić information content (AvgIpc) is 3.21. The quantitative estimate of drug-likeness (QED) is 0.413. The van der Waals surface area contributed by atoms with E-state index in [1.165, 1.54) is 12.1 Å². The highest BCUT2D eigenvalue weighted by molar-refractivity contribution is 6.07. The second-order valence-corrected chi connectivity index (χ2v) is 8.51. The lowest BCUT2D eigenvalue weighted by atomic mass is 10.1. The number of furan rings is 1. The first kappa shape index (κ1) is 23.0. The molecule has 0 aliphatic carbocycles. The molecule has 2 heterocycles. The molecule has 9 heteroatoms. The van der Waals surface area contributed by atoms with Crippen LogP contribution in [0.1, 0.15) is 5.56 Å². The topological polar surface area (TPSA) is 58.0 Å². The summed E-state index contributed by atoms with van der Waals surface area (Å²) in [7, 11) is 1.55. The van der Waals surface area contributed by atoms with Gasteiger partial charge in [-0.3, -0.25) is 9.69 Å². The van der Waals surface area contributed by atoms with Gasteiger partial charge in [0.2, 0.25) is 5.91 Å². The van der Waals surface area contributed by atoms with Gasteiger partial charge in [0.05, 0.1) is 24.9 Å². The minimum atomic E-state index is -4.37. The summed E-state index contributed by atoms with van der Waals surface area (Å²) in [4.78, 5) is 16.7. The molecule has 0 spiro atoms. The van der Waals surface area contributed by atoms with Crippen LogP contribution in [0.15, 0.2) is 65.1 Å². The van der Waals surface area contributed by atoms with Crippen LogP contribution in [-0.2, 0) is 11.0 Å². The van der Waals surface area contributed by atoms with Crippen molar-refractivity contribution in [2.24, 2.45) is 0 Å². The first-order chi connectivity index (χ1) is 16.8. The molecule has 1 saturated heterocycles. The van der Waals surface area contributed by atoms with Gasteiger partial charge in [0.1, 0.15) is 16.9 Å². The molecule has 1 aromatic heterocycles. The van der Waals surface area contributed by atoms with E-state index in [0.29, 0.717) is 48.9 Å². The number of rotatable bonds is 5. The average molecular weight is 483 g/mol. The van der Waals surface area contributed by atoms with Gasteiger partial charge in [-0.05, 0) is 30.3 Å². The lowest BCUT2D eigenvalue weighted by molar-refractivity contribution is -0.137. The lowest BCUT2D eigenvalue weighted by Gasteiger charge is -2.36. The fourth-order valence-electron chi connectivity index (χ4n) is 4.45. The maximum atomic E-state index is 13.0. The molecule has 6 nitrogen and oxygen atoms in total. The summed E-state index contributed by atoms with van der Waals surface area (Å²) in [6.07, 6.45) is -4.37. The predicted octanol–water partition coefficient (Wildman–Crippen LogP) is 5.37. The van der Waals surface area contributed by atoms with E-state index in [1.54, 1.807) is 19.2 Å². The van der Waals surface area contributed by atoms with E-state index >= 15 is 0 Å². The Hall–Kier alpha value is -3.72. The Labute approximate surface area is 199 Å². The van der Waals surface area contributed by atoms with Crippen LogP contribution < -0.4 is 15.0 Å². The summed E-state index contributed by atoms with van der Waals surface area (Å²) < 4.78 is 50.5. The van der Waals surface area contributed by atoms with E-state index in [1.807, 2.05) is 40.1 Å². The van der Waals surface area contributed by atoms with Gasteiger partial charge in [-0.25, -0.2) is 0 Å². The molecule has 35 heavy (non-hydrogen) atoms. The molecule has 5 rings (SSSR count). The Morgan fingerprint density at radius 3 is 2.49 bits per heavy atom. The Kier molecular flexibility index (Phi) is 6.02. The lowest BCUT2D eigenvalue weighted by Crippen LogP contribution is -2.48. The number of anilines is 2. The van der Waals surface area contributed by atoms with E-state index in [2.05, 4.69) is 5.32 Å². The normalized spacial score (nSPS) is 15.0. The molecule has 1 aliphatic heterocycles. The summed E-state index contributed by atoms with van der Waals surface area (Å²) in [5.74, 6) is 0.332. The van der Waals surface area contributed by atoms with E-state index in [9.17, 15) is 18.0 Å². The summed E-state index contributed by atoms with van der Waals surface area (Å²) in [5.41, 5.74) is 1.80. The number of nitrogens with zero attached hydrogens (tertiary/aromatic N) is 2. The number of alkyl halides is 3. The first-order valence-electron chi connectivity index (χ1n) is 11.3. The number of carbonyl (C=O) groups is 1. The van der Waals surface area contributed by atoms with Gasteiger partial charge in [0, 0.05) is 48.7 Å². The van der Waals surface area contributed by atoms with Crippen molar-refractivity contribution in [1.82, 2.24) is 4.90 Å². The minimum Gasteiger partial charge on any atom is -0.495 e. The van der Waals surface area contributed by atoms with Crippen molar-refractivity contribution < 1.29 is 27.1 Å². The number of amides is 1. The zero-order chi connectivity index (χ0) is 24.6. The molecule has 0 bridgehead atoms. The van der Waals surface area contributed by atoms with E-state index in [0.717, 1.165) is 22.4 Å². The van der Waals surface area contributed by atoms with Gasteiger partial charge in [0.15, 0.2) is 0 Å². The van der Waals surface area contributed by atoms with Crippen LogP contribution in [0.25, 0.3) is 21.9 Å². The number of hydrogen-bond donors (Lipinski definition) is 1. The van der Waals surface area contributed by atoms with Crippen LogP contribution >= 0.6 is 0 Å². The van der Waals surface area contributed by atoms with Crippen molar-refractivity contribution in [2.45, 2.75) is 6.18 Å². The third-order valence-corrected chi connectivity index (χ3v) is 6.25.